The minimum atomic E-state index is -0.716. The summed E-state index contributed by atoms with van der Waals surface area (Å²) in [4.78, 5) is 31.3. The van der Waals surface area contributed by atoms with Crippen LogP contribution < -0.4 is 0 Å². The maximum Gasteiger partial charge on any atom is 0.356 e. The number of carbonyl (C=O) groups excluding carboxylic acids is 2. The number of methoxy groups -OCH3 is 1. The quantitative estimate of drug-likeness (QED) is 0.602. The maximum absolute atomic E-state index is 15.0. The monoisotopic (exact) mass is 370 g/mol. The molecule has 2 aromatic rings. The number of pyridine rings is 1. The van der Waals surface area contributed by atoms with E-state index in [9.17, 15) is 14.0 Å². The van der Waals surface area contributed by atoms with Crippen LogP contribution in [0.25, 0.3) is 11.3 Å². The number of halogens is 2. The maximum atomic E-state index is 15.0. The van der Waals surface area contributed by atoms with Gasteiger partial charge in [-0.15, -0.1) is 0 Å². The van der Waals surface area contributed by atoms with Gasteiger partial charge in [-0.25, -0.2) is 19.2 Å². The van der Waals surface area contributed by atoms with Crippen molar-refractivity contribution in [3.8, 4) is 11.3 Å². The Morgan fingerprint density at radius 3 is 2.42 bits per heavy atom. The van der Waals surface area contributed by atoms with Gasteiger partial charge in [0.2, 0.25) is 0 Å². The summed E-state index contributed by atoms with van der Waals surface area (Å²) in [5, 5.41) is 0.487. The van der Waals surface area contributed by atoms with Gasteiger partial charge >= 0.3 is 5.97 Å². The molecule has 0 saturated heterocycles. The fraction of sp³-hybridized carbons (Fsp3) is 0.0526. The number of benzene rings is 1. The molecule has 1 aromatic carbocycles. The molecule has 3 rings (SSSR count). The van der Waals surface area contributed by atoms with E-state index in [1.807, 2.05) is 0 Å². The predicted octanol–water partition coefficient (Wildman–Crippen LogP) is 4.10. The molecule has 7 heteroatoms. The van der Waals surface area contributed by atoms with Crippen LogP contribution in [0.1, 0.15) is 10.5 Å². The molecule has 0 unspecified atom stereocenters. The highest BCUT2D eigenvalue weighted by molar-refractivity contribution is 6.30. The highest BCUT2D eigenvalue weighted by atomic mass is 35.5. The summed E-state index contributed by atoms with van der Waals surface area (Å²) >= 11 is 5.86. The zero-order valence-corrected chi connectivity index (χ0v) is 14.3. The van der Waals surface area contributed by atoms with Gasteiger partial charge in [0, 0.05) is 16.7 Å². The van der Waals surface area contributed by atoms with Gasteiger partial charge in [-0.2, -0.15) is 0 Å². The summed E-state index contributed by atoms with van der Waals surface area (Å²) in [7, 11) is 1.21. The predicted molar refractivity (Wildman–Crippen MR) is 96.4 cm³/mol. The molecule has 0 spiro atoms. The fourth-order valence-electron chi connectivity index (χ4n) is 2.27. The number of hydrogen-bond donors (Lipinski definition) is 0. The zero-order valence-electron chi connectivity index (χ0n) is 13.6. The van der Waals surface area contributed by atoms with E-state index in [0.29, 0.717) is 16.3 Å². The Hall–Kier alpha value is -3.12. The summed E-state index contributed by atoms with van der Waals surface area (Å²) in [6.07, 6.45) is 5.56. The van der Waals surface area contributed by atoms with Crippen LogP contribution in [0, 0.1) is 5.82 Å². The molecule has 1 aliphatic rings. The smallest absolute Gasteiger partial charge is 0.356 e. The summed E-state index contributed by atoms with van der Waals surface area (Å²) < 4.78 is 19.6. The van der Waals surface area contributed by atoms with Crippen molar-refractivity contribution < 1.29 is 18.7 Å². The first-order chi connectivity index (χ1) is 12.5. The topological polar surface area (TPSA) is 68.6 Å². The van der Waals surface area contributed by atoms with Crippen LogP contribution in [-0.4, -0.2) is 29.6 Å². The molecular formula is C19H12ClFN2O3. The van der Waals surface area contributed by atoms with Crippen LogP contribution in [0.15, 0.2) is 59.6 Å². The largest absolute Gasteiger partial charge is 0.464 e. The molecule has 0 amide bonds. The summed E-state index contributed by atoms with van der Waals surface area (Å²) in [5.41, 5.74) is 0.572. The first-order valence-electron chi connectivity index (χ1n) is 7.51. The van der Waals surface area contributed by atoms with Crippen LogP contribution in [0.5, 0.6) is 0 Å². The minimum absolute atomic E-state index is 0.0521. The van der Waals surface area contributed by atoms with E-state index in [1.165, 1.54) is 37.5 Å². The lowest BCUT2D eigenvalue weighted by atomic mass is 10.1. The molecule has 0 fully saturated rings. The SMILES string of the molecule is COC(=O)c1cc(N=C2C=CC(=O)C=C2)c(F)c(-c2ccc(Cl)cc2)n1. The molecule has 26 heavy (non-hydrogen) atoms. The molecule has 0 aliphatic heterocycles. The van der Waals surface area contributed by atoms with Crippen molar-refractivity contribution >= 4 is 34.8 Å². The molecule has 1 heterocycles. The molecule has 0 saturated carbocycles. The van der Waals surface area contributed by atoms with Gasteiger partial charge in [-0.1, -0.05) is 23.7 Å². The number of esters is 1. The highest BCUT2D eigenvalue weighted by Gasteiger charge is 2.19. The Labute approximate surface area is 153 Å². The minimum Gasteiger partial charge on any atom is -0.464 e. The Kier molecular flexibility index (Phi) is 5.04. The van der Waals surface area contributed by atoms with Gasteiger partial charge in [0.05, 0.1) is 12.8 Å². The average molecular weight is 371 g/mol. The zero-order chi connectivity index (χ0) is 18.7. The molecule has 0 N–H and O–H groups in total. The second-order valence-corrected chi connectivity index (χ2v) is 5.73. The molecule has 130 valence electrons. The third kappa shape index (κ3) is 3.75. The second-order valence-electron chi connectivity index (χ2n) is 5.29. The van der Waals surface area contributed by atoms with Gasteiger partial charge in [0.25, 0.3) is 0 Å². The highest BCUT2D eigenvalue weighted by Crippen LogP contribution is 2.30. The number of nitrogens with zero attached hydrogens (tertiary/aromatic N) is 2. The lowest BCUT2D eigenvalue weighted by Crippen LogP contribution is -2.07. The van der Waals surface area contributed by atoms with Gasteiger partial charge in [0.1, 0.15) is 11.4 Å². The number of hydrogen-bond acceptors (Lipinski definition) is 5. The van der Waals surface area contributed by atoms with E-state index in [0.717, 1.165) is 0 Å². The summed E-state index contributed by atoms with van der Waals surface area (Å²) in [6.45, 7) is 0. The van der Waals surface area contributed by atoms with E-state index in [2.05, 4.69) is 14.7 Å². The first-order valence-corrected chi connectivity index (χ1v) is 7.89. The third-order valence-corrected chi connectivity index (χ3v) is 3.79. The van der Waals surface area contributed by atoms with Crippen molar-refractivity contribution in [1.82, 2.24) is 4.98 Å². The van der Waals surface area contributed by atoms with Crippen molar-refractivity contribution in [2.75, 3.05) is 7.11 Å². The van der Waals surface area contributed by atoms with E-state index in [-0.39, 0.29) is 22.9 Å². The lowest BCUT2D eigenvalue weighted by Gasteiger charge is -2.09. The average Bonchev–Trinajstić information content (AvgIpc) is 2.65. The van der Waals surface area contributed by atoms with Crippen molar-refractivity contribution in [1.29, 1.82) is 0 Å². The van der Waals surface area contributed by atoms with Gasteiger partial charge in [-0.05, 0) is 36.4 Å². The molecular weight excluding hydrogens is 359 g/mol. The number of rotatable bonds is 3. The molecule has 0 bridgehead atoms. The standard InChI is InChI=1S/C19H12ClFN2O3/c1-26-19(25)16-10-15(22-13-6-8-14(24)9-7-13)17(21)18(23-16)11-2-4-12(20)5-3-11/h2-10H,1H3. The van der Waals surface area contributed by atoms with Crippen molar-refractivity contribution in [2.24, 2.45) is 4.99 Å². The van der Waals surface area contributed by atoms with E-state index >= 15 is 0 Å². The van der Waals surface area contributed by atoms with Gasteiger partial charge in [0.15, 0.2) is 17.3 Å². The summed E-state index contributed by atoms with van der Waals surface area (Å²) in [5.74, 6) is -1.60. The van der Waals surface area contributed by atoms with E-state index in [1.54, 1.807) is 24.3 Å². The molecule has 1 aliphatic carbocycles. The van der Waals surface area contributed by atoms with Crippen molar-refractivity contribution in [3.63, 3.8) is 0 Å². The van der Waals surface area contributed by atoms with Gasteiger partial charge in [-0.3, -0.25) is 4.79 Å². The van der Waals surface area contributed by atoms with E-state index < -0.39 is 11.8 Å². The fourth-order valence-corrected chi connectivity index (χ4v) is 2.39. The van der Waals surface area contributed by atoms with E-state index in [4.69, 9.17) is 11.6 Å². The third-order valence-electron chi connectivity index (χ3n) is 3.54. The van der Waals surface area contributed by atoms with Crippen LogP contribution in [-0.2, 0) is 9.53 Å². The van der Waals surface area contributed by atoms with Gasteiger partial charge < -0.3 is 4.74 Å². The van der Waals surface area contributed by atoms with Crippen LogP contribution in [0.2, 0.25) is 5.02 Å². The number of allylic oxidation sites excluding steroid dienone is 4. The lowest BCUT2D eigenvalue weighted by molar-refractivity contribution is -0.110. The van der Waals surface area contributed by atoms with Crippen LogP contribution in [0.3, 0.4) is 0 Å². The summed E-state index contributed by atoms with van der Waals surface area (Å²) in [6, 6.07) is 7.56. The normalized spacial score (nSPS) is 13.0. The second kappa shape index (κ2) is 7.41. The number of aromatic nitrogens is 1. The Balaban J connectivity index is 2.16. The van der Waals surface area contributed by atoms with Crippen LogP contribution >= 0.6 is 11.6 Å². The number of ketones is 1. The van der Waals surface area contributed by atoms with Crippen molar-refractivity contribution in [2.45, 2.75) is 0 Å². The molecule has 5 nitrogen and oxygen atoms in total. The van der Waals surface area contributed by atoms with Crippen molar-refractivity contribution in [3.05, 3.63) is 71.2 Å². The first kappa shape index (κ1) is 17.7. The molecule has 0 radical (unpaired) electrons. The number of carbonyl (C=O) groups is 2. The number of aliphatic imine (C=N–C) groups is 1. The number of ether oxygens (including phenoxy) is 1. The Bertz CT molecular complexity index is 961. The Morgan fingerprint density at radius 1 is 1.15 bits per heavy atom. The molecule has 1 aromatic heterocycles. The molecule has 0 atom stereocenters. The van der Waals surface area contributed by atoms with Crippen LogP contribution in [0.4, 0.5) is 10.1 Å². The Morgan fingerprint density at radius 2 is 1.81 bits per heavy atom.